The van der Waals surface area contributed by atoms with E-state index >= 15 is 0 Å². The van der Waals surface area contributed by atoms with Crippen LogP contribution in [0.25, 0.3) is 0 Å². The highest BCUT2D eigenvalue weighted by molar-refractivity contribution is 5.94. The van der Waals surface area contributed by atoms with Crippen molar-refractivity contribution < 1.29 is 9.53 Å². The molecule has 2 unspecified atom stereocenters. The Morgan fingerprint density at radius 2 is 2.15 bits per heavy atom. The van der Waals surface area contributed by atoms with Crippen LogP contribution >= 0.6 is 0 Å². The zero-order chi connectivity index (χ0) is 9.42. The first kappa shape index (κ1) is 8.79. The van der Waals surface area contributed by atoms with E-state index in [1.807, 2.05) is 0 Å². The minimum absolute atomic E-state index is 0.0732. The number of carbonyl (C=O) groups is 1. The Kier molecular flexibility index (Phi) is 2.14. The molecule has 1 saturated carbocycles. The minimum Gasteiger partial charge on any atom is -0.457 e. The Balaban J connectivity index is 2.22. The molecule has 0 spiro atoms. The lowest BCUT2D eigenvalue weighted by atomic mass is 9.75. The van der Waals surface area contributed by atoms with Gasteiger partial charge in [-0.05, 0) is 31.1 Å². The first-order chi connectivity index (χ1) is 6.20. The number of hydrogen-bond acceptors (Lipinski definition) is 2. The smallest absolute Gasteiger partial charge is 0.337 e. The molecule has 2 rings (SSSR count). The average Bonchev–Trinajstić information content (AvgIpc) is 2.10. The summed E-state index contributed by atoms with van der Waals surface area (Å²) < 4.78 is 4.78. The van der Waals surface area contributed by atoms with Crippen molar-refractivity contribution in [3.8, 4) is 0 Å². The van der Waals surface area contributed by atoms with Gasteiger partial charge in [0.05, 0.1) is 5.57 Å². The van der Waals surface area contributed by atoms with Crippen molar-refractivity contribution in [3.63, 3.8) is 0 Å². The van der Waals surface area contributed by atoms with Crippen LogP contribution < -0.4 is 0 Å². The first-order valence-electron chi connectivity index (χ1n) is 5.09. The van der Waals surface area contributed by atoms with Crippen molar-refractivity contribution in [2.45, 2.75) is 33.1 Å². The van der Waals surface area contributed by atoms with Gasteiger partial charge < -0.3 is 4.74 Å². The largest absolute Gasteiger partial charge is 0.457 e. The van der Waals surface area contributed by atoms with Gasteiger partial charge in [0.15, 0.2) is 0 Å². The highest BCUT2D eigenvalue weighted by atomic mass is 16.6. The molecule has 0 bridgehead atoms. The summed E-state index contributed by atoms with van der Waals surface area (Å²) in [6.45, 7) is 5.07. The van der Waals surface area contributed by atoms with Crippen LogP contribution in [-0.2, 0) is 9.53 Å². The van der Waals surface area contributed by atoms with Crippen LogP contribution in [0.15, 0.2) is 11.1 Å². The van der Waals surface area contributed by atoms with E-state index in [9.17, 15) is 4.79 Å². The molecule has 1 saturated heterocycles. The van der Waals surface area contributed by atoms with E-state index in [-0.39, 0.29) is 5.97 Å². The summed E-state index contributed by atoms with van der Waals surface area (Å²) >= 11 is 0. The molecule has 72 valence electrons. The fourth-order valence-electron chi connectivity index (χ4n) is 2.29. The van der Waals surface area contributed by atoms with E-state index in [0.717, 1.165) is 17.9 Å². The zero-order valence-electron chi connectivity index (χ0n) is 8.30. The summed E-state index contributed by atoms with van der Waals surface area (Å²) in [6.07, 6.45) is 3.64. The molecule has 2 nitrogen and oxygen atoms in total. The van der Waals surface area contributed by atoms with Gasteiger partial charge in [0.1, 0.15) is 6.61 Å². The van der Waals surface area contributed by atoms with Gasteiger partial charge in [-0.15, -0.1) is 0 Å². The molecule has 0 amide bonds. The van der Waals surface area contributed by atoms with Crippen LogP contribution in [0.5, 0.6) is 0 Å². The molecule has 2 aliphatic rings. The summed E-state index contributed by atoms with van der Waals surface area (Å²) in [5, 5.41) is 0. The van der Waals surface area contributed by atoms with Crippen molar-refractivity contribution in [2.24, 2.45) is 11.8 Å². The maximum atomic E-state index is 11.1. The number of ether oxygens (including phenoxy) is 1. The second-order valence-corrected chi connectivity index (χ2v) is 4.24. The molecule has 2 fully saturated rings. The average molecular weight is 180 g/mol. The molecule has 0 aromatic rings. The molecule has 2 heteroatoms. The van der Waals surface area contributed by atoms with Crippen LogP contribution in [0.4, 0.5) is 0 Å². The van der Waals surface area contributed by atoms with Gasteiger partial charge in [-0.3, -0.25) is 0 Å². The Morgan fingerprint density at radius 3 is 2.69 bits per heavy atom. The lowest BCUT2D eigenvalue weighted by molar-refractivity contribution is -0.147. The van der Waals surface area contributed by atoms with Crippen molar-refractivity contribution in [1.82, 2.24) is 0 Å². The predicted molar refractivity (Wildman–Crippen MR) is 50.2 cm³/mol. The second-order valence-electron chi connectivity index (χ2n) is 4.24. The number of rotatable bonds is 0. The van der Waals surface area contributed by atoms with E-state index in [1.165, 1.54) is 18.4 Å². The Bertz CT molecular complexity index is 265. The fraction of sp³-hybridized carbons (Fsp3) is 0.727. The lowest BCUT2D eigenvalue weighted by Gasteiger charge is -2.32. The third kappa shape index (κ3) is 1.38. The molecule has 0 aromatic carbocycles. The molecule has 1 aliphatic heterocycles. The third-order valence-corrected chi connectivity index (χ3v) is 3.49. The summed E-state index contributed by atoms with van der Waals surface area (Å²) in [7, 11) is 0. The van der Waals surface area contributed by atoms with E-state index in [2.05, 4.69) is 13.8 Å². The number of cyclic esters (lactones) is 1. The maximum Gasteiger partial charge on any atom is 0.337 e. The topological polar surface area (TPSA) is 26.3 Å². The van der Waals surface area contributed by atoms with Crippen LogP contribution in [-0.4, -0.2) is 12.6 Å². The van der Waals surface area contributed by atoms with Gasteiger partial charge >= 0.3 is 5.97 Å². The van der Waals surface area contributed by atoms with E-state index in [4.69, 9.17) is 4.74 Å². The summed E-state index contributed by atoms with van der Waals surface area (Å²) in [5.74, 6) is 1.23. The monoisotopic (exact) mass is 180 g/mol. The molecule has 0 N–H and O–H groups in total. The molecule has 2 atom stereocenters. The Labute approximate surface area is 79.0 Å². The molecule has 1 aliphatic carbocycles. The molecule has 0 radical (unpaired) electrons. The quantitative estimate of drug-likeness (QED) is 0.422. The molecular weight excluding hydrogens is 164 g/mol. The molecule has 0 aromatic heterocycles. The van der Waals surface area contributed by atoms with Gasteiger partial charge in [-0.1, -0.05) is 19.4 Å². The van der Waals surface area contributed by atoms with Crippen molar-refractivity contribution in [2.75, 3.05) is 6.61 Å². The Morgan fingerprint density at radius 1 is 1.38 bits per heavy atom. The summed E-state index contributed by atoms with van der Waals surface area (Å²) in [4.78, 5) is 11.1. The number of allylic oxidation sites excluding steroid dienone is 1. The van der Waals surface area contributed by atoms with E-state index in [1.54, 1.807) is 0 Å². The molecule has 1 heterocycles. The third-order valence-electron chi connectivity index (χ3n) is 3.49. The van der Waals surface area contributed by atoms with Gasteiger partial charge in [0, 0.05) is 0 Å². The minimum atomic E-state index is -0.0732. The number of carbonyl (C=O) groups excluding carboxylic acids is 1. The first-order valence-corrected chi connectivity index (χ1v) is 5.09. The highest BCUT2D eigenvalue weighted by Gasteiger charge is 2.32. The molecule has 13 heavy (non-hydrogen) atoms. The maximum absolute atomic E-state index is 11.1. The fourth-order valence-corrected chi connectivity index (χ4v) is 2.29. The normalized spacial score (nSPS) is 39.7. The standard InChI is InChI=1S/C11H16O2/c1-7-4-3-5-9(8(7)2)10-6-13-11(10)12/h7-8H,3-6H2,1-2H3. The van der Waals surface area contributed by atoms with Gasteiger partial charge in [0.2, 0.25) is 0 Å². The van der Waals surface area contributed by atoms with Gasteiger partial charge in [-0.2, -0.15) is 0 Å². The van der Waals surface area contributed by atoms with Crippen molar-refractivity contribution in [1.29, 1.82) is 0 Å². The van der Waals surface area contributed by atoms with E-state index in [0.29, 0.717) is 12.5 Å². The van der Waals surface area contributed by atoms with Crippen LogP contribution in [0.2, 0.25) is 0 Å². The van der Waals surface area contributed by atoms with Crippen LogP contribution in [0.1, 0.15) is 33.1 Å². The number of hydrogen-bond donors (Lipinski definition) is 0. The molecular formula is C11H16O2. The summed E-state index contributed by atoms with van der Waals surface area (Å²) in [5.41, 5.74) is 2.34. The highest BCUT2D eigenvalue weighted by Crippen LogP contribution is 2.37. The summed E-state index contributed by atoms with van der Waals surface area (Å²) in [6, 6.07) is 0. The van der Waals surface area contributed by atoms with Crippen LogP contribution in [0, 0.1) is 11.8 Å². The SMILES string of the molecule is CC1CCCC(=C2COC2=O)C1C. The predicted octanol–water partition coefficient (Wildman–Crippen LogP) is 2.30. The zero-order valence-corrected chi connectivity index (χ0v) is 8.30. The lowest BCUT2D eigenvalue weighted by Crippen LogP contribution is -2.30. The van der Waals surface area contributed by atoms with Crippen molar-refractivity contribution >= 4 is 5.97 Å². The van der Waals surface area contributed by atoms with Crippen molar-refractivity contribution in [3.05, 3.63) is 11.1 Å². The van der Waals surface area contributed by atoms with E-state index < -0.39 is 0 Å². The second kappa shape index (κ2) is 3.17. The van der Waals surface area contributed by atoms with Crippen LogP contribution in [0.3, 0.4) is 0 Å². The Hall–Kier alpha value is -0.790. The van der Waals surface area contributed by atoms with Gasteiger partial charge in [0.25, 0.3) is 0 Å². The number of esters is 1. The van der Waals surface area contributed by atoms with Gasteiger partial charge in [-0.25, -0.2) is 4.79 Å².